The van der Waals surface area contributed by atoms with Crippen LogP contribution in [-0.4, -0.2) is 44.5 Å². The van der Waals surface area contributed by atoms with Gasteiger partial charge in [0.15, 0.2) is 0 Å². The number of rotatable bonds is 11. The van der Waals surface area contributed by atoms with Crippen LogP contribution in [0.2, 0.25) is 0 Å². The quantitative estimate of drug-likeness (QED) is 0.144. The Morgan fingerprint density at radius 1 is 0.922 bits per heavy atom. The first kappa shape index (κ1) is 33.5. The molecule has 1 fully saturated rings. The van der Waals surface area contributed by atoms with E-state index in [2.05, 4.69) is 44.8 Å². The van der Waals surface area contributed by atoms with E-state index in [9.17, 15) is 14.0 Å². The van der Waals surface area contributed by atoms with Gasteiger partial charge >= 0.3 is 0 Å². The van der Waals surface area contributed by atoms with Gasteiger partial charge in [-0.2, -0.15) is 0 Å². The number of ether oxygens (including phenoxy) is 1. The van der Waals surface area contributed by atoms with Gasteiger partial charge in [0.1, 0.15) is 22.9 Å². The summed E-state index contributed by atoms with van der Waals surface area (Å²) in [6, 6.07) is 29.3. The smallest absolute Gasteiger partial charge is 0.255 e. The summed E-state index contributed by atoms with van der Waals surface area (Å²) in [6.07, 6.45) is 4.00. The van der Waals surface area contributed by atoms with Gasteiger partial charge in [-0.25, -0.2) is 4.39 Å². The lowest BCUT2D eigenvalue weighted by molar-refractivity contribution is 0.0924. The SMILES string of the molecule is CNC(=O)c1c(-c2ccc(F)cc2)oc2ccc(-c3cc(C(=O)NC4(c5ccccn5)CC4)c(OCCc4ccc(N(C)C)cc4)cc3C)cc12. The Bertz CT molecular complexity index is 2220. The molecule has 258 valence electrons. The van der Waals surface area contributed by atoms with Gasteiger partial charge in [0, 0.05) is 50.4 Å². The van der Waals surface area contributed by atoms with Crippen molar-refractivity contribution in [3.63, 3.8) is 0 Å². The normalized spacial score (nSPS) is 13.1. The lowest BCUT2D eigenvalue weighted by Crippen LogP contribution is -2.35. The molecule has 9 heteroatoms. The minimum Gasteiger partial charge on any atom is -0.492 e. The molecule has 7 rings (SSSR count). The second-order valence-corrected chi connectivity index (χ2v) is 13.2. The predicted octanol–water partition coefficient (Wildman–Crippen LogP) is 8.08. The highest BCUT2D eigenvalue weighted by molar-refractivity contribution is 6.12. The van der Waals surface area contributed by atoms with Gasteiger partial charge in [0.2, 0.25) is 0 Å². The Hall–Kier alpha value is -5.96. The first-order valence-electron chi connectivity index (χ1n) is 17.0. The summed E-state index contributed by atoms with van der Waals surface area (Å²) in [7, 11) is 5.58. The zero-order chi connectivity index (χ0) is 35.7. The summed E-state index contributed by atoms with van der Waals surface area (Å²) < 4.78 is 26.3. The number of nitrogens with one attached hydrogen (secondary N) is 2. The molecule has 6 aromatic rings. The number of pyridine rings is 1. The molecule has 1 aliphatic rings. The summed E-state index contributed by atoms with van der Waals surface area (Å²) in [4.78, 5) is 34.0. The average Bonchev–Trinajstić information content (AvgIpc) is 3.83. The topological polar surface area (TPSA) is 96.7 Å². The molecular weight excluding hydrogens is 643 g/mol. The summed E-state index contributed by atoms with van der Waals surface area (Å²) in [5.74, 6) is -0.120. The van der Waals surface area contributed by atoms with Crippen LogP contribution in [0.25, 0.3) is 33.4 Å². The lowest BCUT2D eigenvalue weighted by atomic mass is 9.94. The largest absolute Gasteiger partial charge is 0.492 e. The van der Waals surface area contributed by atoms with Crippen molar-refractivity contribution in [1.29, 1.82) is 0 Å². The molecule has 0 unspecified atom stereocenters. The number of amides is 2. The van der Waals surface area contributed by atoms with E-state index < -0.39 is 5.54 Å². The van der Waals surface area contributed by atoms with Crippen LogP contribution in [0.3, 0.4) is 0 Å². The molecule has 4 aromatic carbocycles. The van der Waals surface area contributed by atoms with E-state index in [-0.39, 0.29) is 17.6 Å². The van der Waals surface area contributed by atoms with Crippen molar-refractivity contribution in [3.8, 4) is 28.2 Å². The first-order chi connectivity index (χ1) is 24.7. The van der Waals surface area contributed by atoms with Crippen molar-refractivity contribution in [2.45, 2.75) is 31.7 Å². The number of halogens is 1. The van der Waals surface area contributed by atoms with Gasteiger partial charge in [-0.3, -0.25) is 14.6 Å². The molecule has 51 heavy (non-hydrogen) atoms. The summed E-state index contributed by atoms with van der Waals surface area (Å²) in [6.45, 7) is 2.36. The third-order valence-electron chi connectivity index (χ3n) is 9.49. The van der Waals surface area contributed by atoms with Gasteiger partial charge < -0.3 is 24.7 Å². The standard InChI is InChI=1S/C42H39FN4O4/c1-26-23-36(50-22-18-27-8-15-31(16-9-27)47(3)4)34(40(48)46-42(19-20-42)37-7-5-6-21-45-37)25-32(26)29-12-17-35-33(24-29)38(41(49)44-2)39(51-35)28-10-13-30(43)14-11-28/h5-17,21,23-25H,18-20,22H2,1-4H3,(H,44,49)(H,46,48). The highest BCUT2D eigenvalue weighted by Gasteiger charge is 2.47. The number of hydrogen-bond donors (Lipinski definition) is 2. The monoisotopic (exact) mass is 682 g/mol. The van der Waals surface area contributed by atoms with E-state index in [1.807, 2.05) is 69.6 Å². The number of benzene rings is 4. The van der Waals surface area contributed by atoms with Crippen molar-refractivity contribution in [1.82, 2.24) is 15.6 Å². The molecule has 0 bridgehead atoms. The van der Waals surface area contributed by atoms with Crippen molar-refractivity contribution < 1.29 is 23.1 Å². The van der Waals surface area contributed by atoms with Crippen molar-refractivity contribution in [2.75, 3.05) is 32.6 Å². The van der Waals surface area contributed by atoms with E-state index >= 15 is 0 Å². The number of aryl methyl sites for hydroxylation is 1. The number of fused-ring (bicyclic) bond motifs is 1. The Balaban J connectivity index is 1.26. The predicted molar refractivity (Wildman–Crippen MR) is 198 cm³/mol. The number of hydrogen-bond acceptors (Lipinski definition) is 6. The Morgan fingerprint density at radius 3 is 2.33 bits per heavy atom. The maximum atomic E-state index is 14.2. The van der Waals surface area contributed by atoms with Crippen LogP contribution in [-0.2, 0) is 12.0 Å². The number of aromatic nitrogens is 1. The fourth-order valence-electron chi connectivity index (χ4n) is 6.45. The second kappa shape index (κ2) is 13.7. The summed E-state index contributed by atoms with van der Waals surface area (Å²) in [5, 5.41) is 6.58. The van der Waals surface area contributed by atoms with Crippen LogP contribution in [0.1, 0.15) is 50.4 Å². The summed E-state index contributed by atoms with van der Waals surface area (Å²) in [5.41, 5.74) is 6.91. The maximum Gasteiger partial charge on any atom is 0.255 e. The van der Waals surface area contributed by atoms with Gasteiger partial charge in [0.25, 0.3) is 11.8 Å². The number of carbonyl (C=O) groups is 2. The lowest BCUT2D eigenvalue weighted by Gasteiger charge is -2.20. The van der Waals surface area contributed by atoms with E-state index in [1.54, 1.807) is 25.4 Å². The highest BCUT2D eigenvalue weighted by Crippen LogP contribution is 2.45. The molecule has 0 atom stereocenters. The molecule has 2 N–H and O–H groups in total. The molecule has 1 saturated carbocycles. The number of anilines is 1. The molecule has 2 aromatic heterocycles. The third-order valence-corrected chi connectivity index (χ3v) is 9.49. The third kappa shape index (κ3) is 6.79. The van der Waals surface area contributed by atoms with Gasteiger partial charge in [-0.1, -0.05) is 24.3 Å². The Kier molecular flexibility index (Phi) is 9.04. The Labute approximate surface area is 296 Å². The van der Waals surface area contributed by atoms with Gasteiger partial charge in [-0.05, 0) is 115 Å². The molecule has 0 aliphatic heterocycles. The summed E-state index contributed by atoms with van der Waals surface area (Å²) >= 11 is 0. The van der Waals surface area contributed by atoms with Crippen LogP contribution in [0.5, 0.6) is 5.75 Å². The van der Waals surface area contributed by atoms with Crippen LogP contribution >= 0.6 is 0 Å². The Morgan fingerprint density at radius 2 is 1.67 bits per heavy atom. The maximum absolute atomic E-state index is 14.2. The zero-order valence-corrected chi connectivity index (χ0v) is 29.0. The fourth-order valence-corrected chi connectivity index (χ4v) is 6.45. The van der Waals surface area contributed by atoms with E-state index in [0.29, 0.717) is 52.2 Å². The fraction of sp³-hybridized carbons (Fsp3) is 0.214. The zero-order valence-electron chi connectivity index (χ0n) is 29.0. The molecule has 2 amide bonds. The van der Waals surface area contributed by atoms with Gasteiger partial charge in [0.05, 0.1) is 29.0 Å². The molecule has 8 nitrogen and oxygen atoms in total. The molecular formula is C42H39FN4O4. The highest BCUT2D eigenvalue weighted by atomic mass is 19.1. The van der Waals surface area contributed by atoms with Crippen LogP contribution in [0.4, 0.5) is 10.1 Å². The number of nitrogens with zero attached hydrogens (tertiary/aromatic N) is 2. The van der Waals surface area contributed by atoms with E-state index in [1.165, 1.54) is 12.1 Å². The van der Waals surface area contributed by atoms with Crippen LogP contribution in [0, 0.1) is 12.7 Å². The van der Waals surface area contributed by atoms with E-state index in [0.717, 1.165) is 46.5 Å². The second-order valence-electron chi connectivity index (χ2n) is 13.2. The van der Waals surface area contributed by atoms with Crippen LogP contribution < -0.4 is 20.3 Å². The van der Waals surface area contributed by atoms with Gasteiger partial charge in [-0.15, -0.1) is 0 Å². The molecule has 0 radical (unpaired) electrons. The average molecular weight is 683 g/mol. The molecule has 2 heterocycles. The van der Waals surface area contributed by atoms with Crippen LogP contribution in [0.15, 0.2) is 108 Å². The minimum atomic E-state index is -0.524. The number of carbonyl (C=O) groups excluding carboxylic acids is 2. The number of furan rings is 1. The van der Waals surface area contributed by atoms with Crippen molar-refractivity contribution in [2.24, 2.45) is 0 Å². The van der Waals surface area contributed by atoms with E-state index in [4.69, 9.17) is 9.15 Å². The first-order valence-corrected chi connectivity index (χ1v) is 17.0. The minimum absolute atomic E-state index is 0.251. The van der Waals surface area contributed by atoms with Crippen molar-refractivity contribution >= 4 is 28.5 Å². The van der Waals surface area contributed by atoms with Crippen molar-refractivity contribution in [3.05, 3.63) is 137 Å². The molecule has 0 spiro atoms. The molecule has 1 aliphatic carbocycles. The molecule has 0 saturated heterocycles.